The minimum Gasteiger partial charge on any atom is -0.478 e. The van der Waals surface area contributed by atoms with Gasteiger partial charge in [0.05, 0.1) is 6.54 Å². The topological polar surface area (TPSA) is 41.8 Å². The fourth-order valence-corrected chi connectivity index (χ4v) is 3.21. The van der Waals surface area contributed by atoms with Crippen LogP contribution < -0.4 is 0 Å². The van der Waals surface area contributed by atoms with Crippen LogP contribution in [0.25, 0.3) is 0 Å². The van der Waals surface area contributed by atoms with Crippen molar-refractivity contribution in [1.82, 2.24) is 0 Å². The molecule has 0 saturated carbocycles. The summed E-state index contributed by atoms with van der Waals surface area (Å²) in [5, 5.41) is -0.231. The molecule has 13 heavy (non-hydrogen) atoms. The molecule has 1 aliphatic rings. The molecule has 1 heterocycles. The minimum atomic E-state index is -2.40. The van der Waals surface area contributed by atoms with Crippen LogP contribution in [0.1, 0.15) is 19.8 Å². The average Bonchev–Trinajstić information content (AvgIpc) is 2.49. The van der Waals surface area contributed by atoms with E-state index in [0.717, 1.165) is 12.8 Å². The molecule has 6 heteroatoms. The van der Waals surface area contributed by atoms with Crippen LogP contribution in [0.5, 0.6) is 0 Å². The third-order valence-corrected chi connectivity index (χ3v) is 4.35. The van der Waals surface area contributed by atoms with Crippen LogP contribution in [0.4, 0.5) is 0 Å². The Labute approximate surface area is 88.2 Å². The van der Waals surface area contributed by atoms with Gasteiger partial charge in [-0.15, -0.1) is 0 Å². The maximum absolute atomic E-state index is 9.62. The SMILES string of the molecule is CCCC(C1=NCCO1)S(O)(=S)=S. The van der Waals surface area contributed by atoms with Gasteiger partial charge in [0, 0.05) is 7.43 Å². The van der Waals surface area contributed by atoms with E-state index in [4.69, 9.17) is 27.1 Å². The van der Waals surface area contributed by atoms with E-state index < -0.39 is 7.43 Å². The second-order valence-electron chi connectivity index (χ2n) is 2.86. The van der Waals surface area contributed by atoms with E-state index >= 15 is 0 Å². The molecule has 3 nitrogen and oxygen atoms in total. The summed E-state index contributed by atoms with van der Waals surface area (Å²) in [6, 6.07) is 0. The van der Waals surface area contributed by atoms with Crippen molar-refractivity contribution in [2.24, 2.45) is 4.99 Å². The normalized spacial score (nSPS) is 19.4. The van der Waals surface area contributed by atoms with E-state index in [1.54, 1.807) is 0 Å². The summed E-state index contributed by atoms with van der Waals surface area (Å²) in [5.74, 6) is 0.573. The number of rotatable bonds is 4. The molecule has 0 radical (unpaired) electrons. The summed E-state index contributed by atoms with van der Waals surface area (Å²) >= 11 is 9.80. The molecule has 1 atom stereocenters. The Hall–Kier alpha value is 0.220. The van der Waals surface area contributed by atoms with Gasteiger partial charge in [-0.05, 0) is 28.8 Å². The van der Waals surface area contributed by atoms with Crippen molar-refractivity contribution in [2.75, 3.05) is 13.2 Å². The van der Waals surface area contributed by atoms with Crippen molar-refractivity contribution in [3.05, 3.63) is 0 Å². The first kappa shape index (κ1) is 11.3. The molecule has 1 aliphatic heterocycles. The molecule has 0 aromatic heterocycles. The molecule has 0 amide bonds. The smallest absolute Gasteiger partial charge is 0.199 e. The number of nitrogens with zero attached hydrogens (tertiary/aromatic N) is 1. The maximum atomic E-state index is 9.62. The Morgan fingerprint density at radius 3 is 2.77 bits per heavy atom. The lowest BCUT2D eigenvalue weighted by molar-refractivity contribution is 0.337. The largest absolute Gasteiger partial charge is 0.478 e. The maximum Gasteiger partial charge on any atom is 0.199 e. The van der Waals surface area contributed by atoms with Crippen molar-refractivity contribution >= 4 is 35.7 Å². The summed E-state index contributed by atoms with van der Waals surface area (Å²) in [5.41, 5.74) is 0. The van der Waals surface area contributed by atoms with Crippen LogP contribution in [0.2, 0.25) is 0 Å². The van der Waals surface area contributed by atoms with E-state index in [0.29, 0.717) is 19.0 Å². The van der Waals surface area contributed by atoms with Gasteiger partial charge in [0.2, 0.25) is 0 Å². The van der Waals surface area contributed by atoms with Gasteiger partial charge in [-0.2, -0.15) is 0 Å². The van der Waals surface area contributed by atoms with Crippen LogP contribution >= 0.6 is 0 Å². The zero-order valence-electron chi connectivity index (χ0n) is 7.43. The van der Waals surface area contributed by atoms with Crippen molar-refractivity contribution in [3.8, 4) is 0 Å². The van der Waals surface area contributed by atoms with Gasteiger partial charge in [-0.25, -0.2) is 0 Å². The molecule has 0 spiro atoms. The third kappa shape index (κ3) is 3.12. The predicted molar refractivity (Wildman–Crippen MR) is 61.7 cm³/mol. The van der Waals surface area contributed by atoms with E-state index in [1.807, 2.05) is 6.92 Å². The molecular formula is C7H13NO2S3. The lowest BCUT2D eigenvalue weighted by atomic mass is 10.2. The number of hydrogen-bond acceptors (Lipinski definition) is 4. The van der Waals surface area contributed by atoms with Gasteiger partial charge in [-0.1, -0.05) is 13.3 Å². The summed E-state index contributed by atoms with van der Waals surface area (Å²) in [6.07, 6.45) is 1.69. The Morgan fingerprint density at radius 2 is 2.38 bits per heavy atom. The van der Waals surface area contributed by atoms with Gasteiger partial charge in [0.25, 0.3) is 0 Å². The Balaban J connectivity index is 2.79. The lowest BCUT2D eigenvalue weighted by Crippen LogP contribution is -2.28. The molecule has 0 bridgehead atoms. The van der Waals surface area contributed by atoms with E-state index in [-0.39, 0.29) is 5.25 Å². The highest BCUT2D eigenvalue weighted by atomic mass is 33.1. The van der Waals surface area contributed by atoms with Crippen molar-refractivity contribution in [3.63, 3.8) is 0 Å². The summed E-state index contributed by atoms with van der Waals surface area (Å²) < 4.78 is 14.9. The van der Waals surface area contributed by atoms with Crippen molar-refractivity contribution in [1.29, 1.82) is 0 Å². The van der Waals surface area contributed by atoms with Crippen LogP contribution in [0, 0.1) is 0 Å². The third-order valence-electron chi connectivity index (χ3n) is 1.79. The highest BCUT2D eigenvalue weighted by Gasteiger charge is 2.25. The minimum absolute atomic E-state index is 0.231. The van der Waals surface area contributed by atoms with Crippen molar-refractivity contribution in [2.45, 2.75) is 25.0 Å². The molecule has 0 aliphatic carbocycles. The average molecular weight is 239 g/mol. The standard InChI is InChI=1S/C7H13NO2S3/c1-2-3-6(13(9,11)12)7-8-4-5-10-7/h6H,2-5H2,1H3,(H,9,11,12). The molecule has 0 fully saturated rings. The molecule has 1 unspecified atom stereocenters. The Morgan fingerprint density at radius 1 is 1.69 bits per heavy atom. The Kier molecular flexibility index (Phi) is 4.03. The molecular weight excluding hydrogens is 226 g/mol. The molecule has 0 saturated heterocycles. The monoisotopic (exact) mass is 239 g/mol. The van der Waals surface area contributed by atoms with E-state index in [1.165, 1.54) is 0 Å². The molecule has 1 rings (SSSR count). The van der Waals surface area contributed by atoms with Gasteiger partial charge < -0.3 is 9.29 Å². The molecule has 0 aromatic rings. The highest BCUT2D eigenvalue weighted by Crippen LogP contribution is 2.14. The predicted octanol–water partition coefficient (Wildman–Crippen LogP) is 1.13. The molecule has 0 aromatic carbocycles. The van der Waals surface area contributed by atoms with Crippen LogP contribution in [0.15, 0.2) is 4.99 Å². The summed E-state index contributed by atoms with van der Waals surface area (Å²) in [7, 11) is -2.40. The van der Waals surface area contributed by atoms with Crippen LogP contribution in [-0.2, 0) is 34.5 Å². The number of aliphatic imine (C=N–C) groups is 1. The first-order valence-electron chi connectivity index (χ1n) is 4.19. The van der Waals surface area contributed by atoms with Gasteiger partial charge in [0.1, 0.15) is 11.9 Å². The fourth-order valence-electron chi connectivity index (χ4n) is 1.21. The quantitative estimate of drug-likeness (QED) is 0.799. The van der Waals surface area contributed by atoms with Gasteiger partial charge in [0.15, 0.2) is 5.90 Å². The molecule has 1 N–H and O–H groups in total. The van der Waals surface area contributed by atoms with E-state index in [9.17, 15) is 4.55 Å². The van der Waals surface area contributed by atoms with Gasteiger partial charge >= 0.3 is 0 Å². The highest BCUT2D eigenvalue weighted by molar-refractivity contribution is 8.54. The fraction of sp³-hybridized carbons (Fsp3) is 0.857. The number of ether oxygens (including phenoxy) is 1. The first-order chi connectivity index (χ1) is 6.05. The first-order valence-corrected chi connectivity index (χ1v) is 7.69. The number of hydrogen-bond donors (Lipinski definition) is 1. The lowest BCUT2D eigenvalue weighted by Gasteiger charge is -2.16. The van der Waals surface area contributed by atoms with Crippen LogP contribution in [0.3, 0.4) is 0 Å². The summed E-state index contributed by atoms with van der Waals surface area (Å²) in [6.45, 7) is 3.28. The van der Waals surface area contributed by atoms with Crippen LogP contribution in [-0.4, -0.2) is 28.9 Å². The zero-order valence-corrected chi connectivity index (χ0v) is 9.88. The van der Waals surface area contributed by atoms with E-state index in [2.05, 4.69) is 4.99 Å². The van der Waals surface area contributed by atoms with Crippen molar-refractivity contribution < 1.29 is 9.29 Å². The second kappa shape index (κ2) is 4.63. The summed E-state index contributed by atoms with van der Waals surface area (Å²) in [4.78, 5) is 4.14. The van der Waals surface area contributed by atoms with Gasteiger partial charge in [-0.3, -0.25) is 4.99 Å². The Bertz CT molecular complexity index is 297. The second-order valence-corrected chi connectivity index (χ2v) is 8.14. The zero-order chi connectivity index (χ0) is 9.90. The molecule has 76 valence electrons.